The topological polar surface area (TPSA) is 66.4 Å². The maximum atomic E-state index is 11.6. The van der Waals surface area contributed by atoms with Gasteiger partial charge in [0, 0.05) is 53.0 Å². The molecule has 0 unspecified atom stereocenters. The zero-order chi connectivity index (χ0) is 15.5. The number of hydrogen-bond donors (Lipinski definition) is 1. The quantitative estimate of drug-likeness (QED) is 0.300. The van der Waals surface area contributed by atoms with Crippen molar-refractivity contribution in [3.05, 3.63) is 0 Å². The first-order valence-electron chi connectivity index (χ1n) is 7.67. The lowest BCUT2D eigenvalue weighted by Crippen LogP contribution is -2.54. The second kappa shape index (κ2) is 12.7. The van der Waals surface area contributed by atoms with Crippen LogP contribution in [-0.2, 0) is 9.47 Å². The van der Waals surface area contributed by atoms with E-state index in [2.05, 4.69) is 15.2 Å². The number of carbonyl (C=O) groups excluding carboxylic acids is 1. The third-order valence-corrected chi connectivity index (χ3v) is 3.27. The highest BCUT2D eigenvalue weighted by Gasteiger charge is 2.23. The van der Waals surface area contributed by atoms with Crippen molar-refractivity contribution >= 4 is 36.0 Å². The van der Waals surface area contributed by atoms with Gasteiger partial charge in [-0.15, -0.1) is 24.0 Å². The molecule has 0 aromatic carbocycles. The predicted octanol–water partition coefficient (Wildman–Crippen LogP) is 1.38. The highest BCUT2D eigenvalue weighted by atomic mass is 127. The molecule has 1 amide bonds. The highest BCUT2D eigenvalue weighted by Crippen LogP contribution is 2.04. The first-order chi connectivity index (χ1) is 10.2. The Morgan fingerprint density at radius 1 is 1.14 bits per heavy atom. The summed E-state index contributed by atoms with van der Waals surface area (Å²) in [6.07, 6.45) is 0.729. The first kappa shape index (κ1) is 21.2. The number of ether oxygens (including phenoxy) is 2. The molecule has 8 heteroatoms. The van der Waals surface area contributed by atoms with Gasteiger partial charge in [0.1, 0.15) is 0 Å². The van der Waals surface area contributed by atoms with Crippen LogP contribution in [0.5, 0.6) is 0 Å². The number of hydrogen-bond acceptors (Lipinski definition) is 4. The number of rotatable bonds is 6. The highest BCUT2D eigenvalue weighted by molar-refractivity contribution is 14.0. The van der Waals surface area contributed by atoms with Crippen LogP contribution in [0, 0.1) is 0 Å². The van der Waals surface area contributed by atoms with Gasteiger partial charge in [0.25, 0.3) is 0 Å². The van der Waals surface area contributed by atoms with Gasteiger partial charge >= 0.3 is 6.09 Å². The summed E-state index contributed by atoms with van der Waals surface area (Å²) in [4.78, 5) is 19.8. The molecule has 7 nitrogen and oxygen atoms in total. The molecular weight excluding hydrogens is 399 g/mol. The molecule has 0 radical (unpaired) electrons. The normalized spacial score (nSPS) is 15.3. The molecule has 1 saturated heterocycles. The Hall–Kier alpha value is -0.770. The largest absolute Gasteiger partial charge is 0.450 e. The van der Waals surface area contributed by atoms with Gasteiger partial charge in [0.05, 0.1) is 6.61 Å². The average molecular weight is 428 g/mol. The summed E-state index contributed by atoms with van der Waals surface area (Å²) in [5.74, 6) is 0.884. The molecule has 0 saturated carbocycles. The van der Waals surface area contributed by atoms with Gasteiger partial charge in [-0.1, -0.05) is 0 Å². The smallest absolute Gasteiger partial charge is 0.409 e. The molecule has 0 aromatic heterocycles. The lowest BCUT2D eigenvalue weighted by molar-refractivity contribution is 0.0914. The zero-order valence-electron chi connectivity index (χ0n) is 13.8. The van der Waals surface area contributed by atoms with Crippen molar-refractivity contribution < 1.29 is 14.3 Å². The van der Waals surface area contributed by atoms with E-state index in [1.807, 2.05) is 13.8 Å². The van der Waals surface area contributed by atoms with Crippen LogP contribution >= 0.6 is 24.0 Å². The van der Waals surface area contributed by atoms with Gasteiger partial charge in [-0.05, 0) is 20.3 Å². The fourth-order valence-corrected chi connectivity index (χ4v) is 2.17. The Morgan fingerprint density at radius 3 is 2.32 bits per heavy atom. The molecule has 1 rings (SSSR count). The van der Waals surface area contributed by atoms with Crippen LogP contribution in [0.1, 0.15) is 20.3 Å². The SMILES string of the molecule is CCOCCCNC(=NC)N1CCN(C(=O)OCC)CC1.I. The number of nitrogens with one attached hydrogen (secondary N) is 1. The van der Waals surface area contributed by atoms with Crippen LogP contribution in [0.2, 0.25) is 0 Å². The Labute approximate surface area is 150 Å². The standard InChI is InChI=1S/C14H28N4O3.HI/c1-4-20-12-6-7-16-13(15-3)17-8-10-18(11-9-17)14(19)21-5-2;/h4-12H2,1-3H3,(H,15,16);1H. The Balaban J connectivity index is 0.00000441. The molecule has 130 valence electrons. The lowest BCUT2D eigenvalue weighted by Gasteiger charge is -2.35. The van der Waals surface area contributed by atoms with Gasteiger partial charge < -0.3 is 24.6 Å². The molecule has 0 atom stereocenters. The third-order valence-electron chi connectivity index (χ3n) is 3.27. The molecule has 22 heavy (non-hydrogen) atoms. The van der Waals surface area contributed by atoms with Crippen molar-refractivity contribution in [2.45, 2.75) is 20.3 Å². The number of nitrogens with zero attached hydrogens (tertiary/aromatic N) is 3. The number of carbonyl (C=O) groups is 1. The summed E-state index contributed by atoms with van der Waals surface area (Å²) in [5, 5.41) is 3.33. The van der Waals surface area contributed by atoms with Crippen molar-refractivity contribution in [1.29, 1.82) is 0 Å². The molecule has 1 aliphatic heterocycles. The van der Waals surface area contributed by atoms with E-state index in [1.165, 1.54) is 0 Å². The second-order valence-electron chi connectivity index (χ2n) is 4.70. The van der Waals surface area contributed by atoms with Crippen molar-refractivity contribution in [2.75, 3.05) is 59.6 Å². The van der Waals surface area contributed by atoms with Crippen LogP contribution < -0.4 is 5.32 Å². The van der Waals surface area contributed by atoms with Gasteiger partial charge in [-0.3, -0.25) is 4.99 Å². The predicted molar refractivity (Wildman–Crippen MR) is 98.1 cm³/mol. The minimum atomic E-state index is -0.225. The van der Waals surface area contributed by atoms with E-state index in [-0.39, 0.29) is 30.1 Å². The third kappa shape index (κ3) is 7.48. The summed E-state index contributed by atoms with van der Waals surface area (Å²) in [7, 11) is 1.78. The van der Waals surface area contributed by atoms with Crippen LogP contribution in [0.4, 0.5) is 4.79 Å². The molecule has 0 aromatic rings. The molecule has 1 N–H and O–H groups in total. The molecule has 1 heterocycles. The molecule has 0 spiro atoms. The Morgan fingerprint density at radius 2 is 1.77 bits per heavy atom. The van der Waals surface area contributed by atoms with E-state index in [0.717, 1.165) is 45.2 Å². The minimum Gasteiger partial charge on any atom is -0.450 e. The molecule has 0 bridgehead atoms. The lowest BCUT2D eigenvalue weighted by atomic mass is 10.3. The molecule has 0 aliphatic carbocycles. The van der Waals surface area contributed by atoms with Crippen molar-refractivity contribution in [2.24, 2.45) is 4.99 Å². The summed E-state index contributed by atoms with van der Waals surface area (Å²) in [6.45, 7) is 9.46. The maximum absolute atomic E-state index is 11.6. The number of halogens is 1. The monoisotopic (exact) mass is 428 g/mol. The average Bonchev–Trinajstić information content (AvgIpc) is 2.51. The van der Waals surface area contributed by atoms with Gasteiger partial charge in [-0.2, -0.15) is 0 Å². The van der Waals surface area contributed by atoms with E-state index >= 15 is 0 Å². The van der Waals surface area contributed by atoms with Crippen LogP contribution in [-0.4, -0.2) is 81.4 Å². The van der Waals surface area contributed by atoms with E-state index in [4.69, 9.17) is 9.47 Å². The summed E-state index contributed by atoms with van der Waals surface area (Å²) >= 11 is 0. The van der Waals surface area contributed by atoms with E-state index < -0.39 is 0 Å². The van der Waals surface area contributed by atoms with Gasteiger partial charge in [0.15, 0.2) is 5.96 Å². The Kier molecular flexibility index (Phi) is 12.3. The number of aliphatic imine (C=N–C) groups is 1. The minimum absolute atomic E-state index is 0. The van der Waals surface area contributed by atoms with Gasteiger partial charge in [-0.25, -0.2) is 4.79 Å². The fourth-order valence-electron chi connectivity index (χ4n) is 2.17. The number of guanidine groups is 1. The van der Waals surface area contributed by atoms with Crippen LogP contribution in [0.25, 0.3) is 0 Å². The van der Waals surface area contributed by atoms with Crippen molar-refractivity contribution in [3.8, 4) is 0 Å². The maximum Gasteiger partial charge on any atom is 0.409 e. The summed E-state index contributed by atoms with van der Waals surface area (Å²) in [6, 6.07) is 0. The molecular formula is C14H29IN4O3. The fraction of sp³-hybridized carbons (Fsp3) is 0.857. The molecule has 1 fully saturated rings. The summed E-state index contributed by atoms with van der Waals surface area (Å²) in [5.41, 5.74) is 0. The zero-order valence-corrected chi connectivity index (χ0v) is 16.2. The van der Waals surface area contributed by atoms with E-state index in [1.54, 1.807) is 11.9 Å². The van der Waals surface area contributed by atoms with E-state index in [0.29, 0.717) is 19.7 Å². The first-order valence-corrected chi connectivity index (χ1v) is 7.67. The summed E-state index contributed by atoms with van der Waals surface area (Å²) < 4.78 is 10.3. The van der Waals surface area contributed by atoms with E-state index in [9.17, 15) is 4.79 Å². The van der Waals surface area contributed by atoms with Gasteiger partial charge in [0.2, 0.25) is 0 Å². The second-order valence-corrected chi connectivity index (χ2v) is 4.70. The van der Waals surface area contributed by atoms with Crippen LogP contribution in [0.3, 0.4) is 0 Å². The Bertz CT molecular complexity index is 334. The number of amides is 1. The molecule has 1 aliphatic rings. The van der Waals surface area contributed by atoms with Crippen molar-refractivity contribution in [1.82, 2.24) is 15.1 Å². The number of piperazine rings is 1. The van der Waals surface area contributed by atoms with Crippen LogP contribution in [0.15, 0.2) is 4.99 Å². The van der Waals surface area contributed by atoms with Crippen molar-refractivity contribution in [3.63, 3.8) is 0 Å².